The number of methoxy groups -OCH3 is 1. The van der Waals surface area contributed by atoms with Crippen LogP contribution in [0.5, 0.6) is 0 Å². The van der Waals surface area contributed by atoms with Gasteiger partial charge in [0.05, 0.1) is 31.1 Å². The quantitative estimate of drug-likeness (QED) is 0.736. The molecule has 0 aliphatic carbocycles. The molecule has 0 saturated carbocycles. The number of aliphatic hydroxyl groups is 2. The van der Waals surface area contributed by atoms with Crippen molar-refractivity contribution in [3.05, 3.63) is 29.3 Å². The van der Waals surface area contributed by atoms with Crippen molar-refractivity contribution in [3.63, 3.8) is 0 Å². The van der Waals surface area contributed by atoms with Gasteiger partial charge in [0.25, 0.3) is 0 Å². The zero-order valence-electron chi connectivity index (χ0n) is 10.5. The van der Waals surface area contributed by atoms with Crippen molar-refractivity contribution in [2.24, 2.45) is 0 Å². The third-order valence-electron chi connectivity index (χ3n) is 2.64. The Bertz CT molecular complexity index is 415. The molecule has 1 aromatic rings. The van der Waals surface area contributed by atoms with E-state index in [4.69, 9.17) is 20.2 Å². The molecule has 5 heteroatoms. The van der Waals surface area contributed by atoms with Crippen molar-refractivity contribution in [2.75, 3.05) is 38.3 Å². The maximum absolute atomic E-state index is 9.13. The fourth-order valence-corrected chi connectivity index (χ4v) is 1.72. The standard InChI is InChI=1S/C13H18N2O3/c1-18-7-5-15(4-6-16)13-3-2-11(10-17)8-12(13)9-14/h2-3,8,16-17H,4-7,10H2,1H3. The lowest BCUT2D eigenvalue weighted by atomic mass is 10.1. The molecule has 18 heavy (non-hydrogen) atoms. The second-order valence-corrected chi connectivity index (χ2v) is 3.82. The Labute approximate surface area is 107 Å². The summed E-state index contributed by atoms with van der Waals surface area (Å²) < 4.78 is 5.01. The highest BCUT2D eigenvalue weighted by Crippen LogP contribution is 2.21. The number of benzene rings is 1. The lowest BCUT2D eigenvalue weighted by molar-refractivity contribution is 0.203. The van der Waals surface area contributed by atoms with E-state index in [0.717, 1.165) is 5.69 Å². The molecular formula is C13H18N2O3. The van der Waals surface area contributed by atoms with Crippen molar-refractivity contribution in [1.82, 2.24) is 0 Å². The molecule has 0 heterocycles. The summed E-state index contributed by atoms with van der Waals surface area (Å²) in [6, 6.07) is 7.33. The predicted molar refractivity (Wildman–Crippen MR) is 68.3 cm³/mol. The van der Waals surface area contributed by atoms with Gasteiger partial charge in [-0.05, 0) is 17.7 Å². The van der Waals surface area contributed by atoms with E-state index in [2.05, 4.69) is 6.07 Å². The number of nitrogens with zero attached hydrogens (tertiary/aromatic N) is 2. The van der Waals surface area contributed by atoms with E-state index in [1.54, 1.807) is 25.3 Å². The molecule has 0 spiro atoms. The third-order valence-corrected chi connectivity index (χ3v) is 2.64. The number of anilines is 1. The fourth-order valence-electron chi connectivity index (χ4n) is 1.72. The van der Waals surface area contributed by atoms with Gasteiger partial charge in [0, 0.05) is 20.2 Å². The van der Waals surface area contributed by atoms with Gasteiger partial charge in [-0.2, -0.15) is 5.26 Å². The van der Waals surface area contributed by atoms with Crippen LogP contribution in [0.2, 0.25) is 0 Å². The van der Waals surface area contributed by atoms with Crippen LogP contribution in [0.25, 0.3) is 0 Å². The van der Waals surface area contributed by atoms with Gasteiger partial charge < -0.3 is 19.8 Å². The van der Waals surface area contributed by atoms with Crippen LogP contribution in [0, 0.1) is 11.3 Å². The topological polar surface area (TPSA) is 76.7 Å². The predicted octanol–water partition coefficient (Wildman–Crippen LogP) is 0.496. The Kier molecular flexibility index (Phi) is 6.15. The molecule has 1 rings (SSSR count). The van der Waals surface area contributed by atoms with Gasteiger partial charge in [-0.3, -0.25) is 0 Å². The number of hydrogen-bond donors (Lipinski definition) is 2. The monoisotopic (exact) mass is 250 g/mol. The van der Waals surface area contributed by atoms with Gasteiger partial charge in [-0.15, -0.1) is 0 Å². The lowest BCUT2D eigenvalue weighted by Gasteiger charge is -2.24. The van der Waals surface area contributed by atoms with Gasteiger partial charge in [0.2, 0.25) is 0 Å². The molecule has 1 aromatic carbocycles. The molecule has 0 atom stereocenters. The maximum atomic E-state index is 9.13. The van der Waals surface area contributed by atoms with Crippen molar-refractivity contribution < 1.29 is 14.9 Å². The first-order chi connectivity index (χ1) is 8.76. The van der Waals surface area contributed by atoms with E-state index in [1.807, 2.05) is 4.90 Å². The van der Waals surface area contributed by atoms with Crippen LogP contribution in [0.3, 0.4) is 0 Å². The number of rotatable bonds is 7. The Morgan fingerprint density at radius 3 is 2.67 bits per heavy atom. The number of aliphatic hydroxyl groups excluding tert-OH is 2. The van der Waals surface area contributed by atoms with E-state index < -0.39 is 0 Å². The summed E-state index contributed by atoms with van der Waals surface area (Å²) in [5.41, 5.74) is 1.94. The average molecular weight is 250 g/mol. The van der Waals surface area contributed by atoms with Gasteiger partial charge in [0.1, 0.15) is 6.07 Å². The molecular weight excluding hydrogens is 232 g/mol. The smallest absolute Gasteiger partial charge is 0.101 e. The first kappa shape index (κ1) is 14.5. The number of hydrogen-bond acceptors (Lipinski definition) is 5. The van der Waals surface area contributed by atoms with Crippen LogP contribution in [-0.4, -0.2) is 43.6 Å². The number of ether oxygens (including phenoxy) is 1. The first-order valence-electron chi connectivity index (χ1n) is 5.75. The van der Waals surface area contributed by atoms with Crippen molar-refractivity contribution in [3.8, 4) is 6.07 Å². The van der Waals surface area contributed by atoms with Gasteiger partial charge in [0.15, 0.2) is 0 Å². The van der Waals surface area contributed by atoms with Crippen molar-refractivity contribution in [2.45, 2.75) is 6.61 Å². The SMILES string of the molecule is COCCN(CCO)c1ccc(CO)cc1C#N. The van der Waals surface area contributed by atoms with Crippen molar-refractivity contribution >= 4 is 5.69 Å². The molecule has 0 bridgehead atoms. The minimum atomic E-state index is -0.0902. The number of nitriles is 1. The summed E-state index contributed by atoms with van der Waals surface area (Å²) >= 11 is 0. The summed E-state index contributed by atoms with van der Waals surface area (Å²) in [4.78, 5) is 1.89. The second-order valence-electron chi connectivity index (χ2n) is 3.82. The second kappa shape index (κ2) is 7.67. The summed E-state index contributed by atoms with van der Waals surface area (Å²) in [7, 11) is 1.61. The van der Waals surface area contributed by atoms with Crippen LogP contribution in [0.15, 0.2) is 18.2 Å². The average Bonchev–Trinajstić information content (AvgIpc) is 2.42. The summed E-state index contributed by atoms with van der Waals surface area (Å²) in [5, 5.41) is 27.2. The largest absolute Gasteiger partial charge is 0.395 e. The fraction of sp³-hybridized carbons (Fsp3) is 0.462. The molecule has 0 amide bonds. The van der Waals surface area contributed by atoms with Gasteiger partial charge >= 0.3 is 0 Å². The lowest BCUT2D eigenvalue weighted by Crippen LogP contribution is -2.30. The molecule has 98 valence electrons. The Morgan fingerprint density at radius 1 is 1.33 bits per heavy atom. The minimum Gasteiger partial charge on any atom is -0.395 e. The molecule has 2 N–H and O–H groups in total. The highest BCUT2D eigenvalue weighted by atomic mass is 16.5. The molecule has 0 radical (unpaired) electrons. The van der Waals surface area contributed by atoms with Gasteiger partial charge in [-0.25, -0.2) is 0 Å². The molecule has 0 aromatic heterocycles. The molecule has 0 fully saturated rings. The minimum absolute atomic E-state index is 0.0103. The van der Waals surface area contributed by atoms with E-state index in [0.29, 0.717) is 30.8 Å². The third kappa shape index (κ3) is 3.70. The zero-order chi connectivity index (χ0) is 13.4. The van der Waals surface area contributed by atoms with Crippen molar-refractivity contribution in [1.29, 1.82) is 5.26 Å². The summed E-state index contributed by atoms with van der Waals surface area (Å²) in [5.74, 6) is 0. The summed E-state index contributed by atoms with van der Waals surface area (Å²) in [6.07, 6.45) is 0. The van der Waals surface area contributed by atoms with E-state index in [9.17, 15) is 0 Å². The molecule has 0 unspecified atom stereocenters. The Hall–Kier alpha value is -1.61. The van der Waals surface area contributed by atoms with Crippen LogP contribution in [-0.2, 0) is 11.3 Å². The van der Waals surface area contributed by atoms with E-state index >= 15 is 0 Å². The molecule has 5 nitrogen and oxygen atoms in total. The molecule has 0 aliphatic heterocycles. The Morgan fingerprint density at radius 2 is 2.11 bits per heavy atom. The maximum Gasteiger partial charge on any atom is 0.101 e. The first-order valence-corrected chi connectivity index (χ1v) is 5.75. The van der Waals surface area contributed by atoms with Crippen LogP contribution >= 0.6 is 0 Å². The highest BCUT2D eigenvalue weighted by molar-refractivity contribution is 5.60. The normalized spacial score (nSPS) is 10.1. The Balaban J connectivity index is 2.99. The van der Waals surface area contributed by atoms with Gasteiger partial charge in [-0.1, -0.05) is 6.07 Å². The van der Waals surface area contributed by atoms with Crippen LogP contribution in [0.4, 0.5) is 5.69 Å². The highest BCUT2D eigenvalue weighted by Gasteiger charge is 2.11. The van der Waals surface area contributed by atoms with E-state index in [1.165, 1.54) is 0 Å². The van der Waals surface area contributed by atoms with Crippen LogP contribution < -0.4 is 4.90 Å². The van der Waals surface area contributed by atoms with E-state index in [-0.39, 0.29) is 13.2 Å². The van der Waals surface area contributed by atoms with Crippen LogP contribution in [0.1, 0.15) is 11.1 Å². The molecule has 0 saturated heterocycles. The molecule has 0 aliphatic rings. The zero-order valence-corrected chi connectivity index (χ0v) is 10.5. The summed E-state index contributed by atoms with van der Waals surface area (Å²) in [6.45, 7) is 1.48.